The van der Waals surface area contributed by atoms with Gasteiger partial charge in [0.05, 0.1) is 18.5 Å². The first-order valence-electron chi connectivity index (χ1n) is 7.89. The van der Waals surface area contributed by atoms with Crippen molar-refractivity contribution in [2.75, 3.05) is 11.9 Å². The van der Waals surface area contributed by atoms with Gasteiger partial charge in [0, 0.05) is 5.92 Å². The van der Waals surface area contributed by atoms with Gasteiger partial charge in [0.1, 0.15) is 6.23 Å². The number of anilines is 1. The molecule has 2 atom stereocenters. The van der Waals surface area contributed by atoms with Gasteiger partial charge in [-0.05, 0) is 19.8 Å². The summed E-state index contributed by atoms with van der Waals surface area (Å²) in [7, 11) is 0. The highest BCUT2D eigenvalue weighted by atomic mass is 16.5. The van der Waals surface area contributed by atoms with Gasteiger partial charge >= 0.3 is 0 Å². The fourth-order valence-corrected chi connectivity index (χ4v) is 2.64. The molecule has 9 nitrogen and oxygen atoms in total. The van der Waals surface area contributed by atoms with Gasteiger partial charge in [0.15, 0.2) is 11.2 Å². The molecule has 24 heavy (non-hydrogen) atoms. The van der Waals surface area contributed by atoms with Crippen LogP contribution in [0.3, 0.4) is 0 Å². The van der Waals surface area contributed by atoms with Gasteiger partial charge in [-0.1, -0.05) is 13.8 Å². The van der Waals surface area contributed by atoms with Crippen LogP contribution in [0, 0.1) is 5.92 Å². The van der Waals surface area contributed by atoms with Crippen LogP contribution in [-0.2, 0) is 9.53 Å². The number of hydrogen-bond acceptors (Lipinski definition) is 6. The molecule has 1 unspecified atom stereocenters. The number of rotatable bonds is 4. The van der Waals surface area contributed by atoms with Crippen LogP contribution in [0.25, 0.3) is 11.2 Å². The number of nitrogens with one attached hydrogen (secondary N) is 2. The minimum Gasteiger partial charge on any atom is -0.393 e. The van der Waals surface area contributed by atoms with E-state index in [2.05, 4.69) is 20.3 Å². The Bertz CT molecular complexity index is 827. The maximum atomic E-state index is 12.2. The summed E-state index contributed by atoms with van der Waals surface area (Å²) >= 11 is 0. The number of fused-ring (bicyclic) bond motifs is 1. The topological polar surface area (TPSA) is 122 Å². The van der Waals surface area contributed by atoms with E-state index in [1.165, 1.54) is 6.33 Å². The van der Waals surface area contributed by atoms with Crippen molar-refractivity contribution in [3.05, 3.63) is 16.7 Å². The van der Waals surface area contributed by atoms with Crippen LogP contribution in [0.1, 0.15) is 39.8 Å². The molecule has 0 bridgehead atoms. The molecule has 1 aliphatic heterocycles. The van der Waals surface area contributed by atoms with E-state index in [0.29, 0.717) is 18.5 Å². The van der Waals surface area contributed by atoms with Gasteiger partial charge in [-0.25, -0.2) is 4.98 Å². The van der Waals surface area contributed by atoms with Crippen LogP contribution >= 0.6 is 0 Å². The highest BCUT2D eigenvalue weighted by Crippen LogP contribution is 2.36. The second-order valence-electron chi connectivity index (χ2n) is 6.60. The average Bonchev–Trinajstić information content (AvgIpc) is 3.11. The number of aliphatic hydroxyl groups excluding tert-OH is 1. The SMILES string of the molecule is CC(C)C(=O)Nc1nc2c(ncn2[C@H]2CCC(C)(CO)O2)c(=O)[nH]1. The Hall–Kier alpha value is -2.26. The van der Waals surface area contributed by atoms with Crippen molar-refractivity contribution in [1.29, 1.82) is 0 Å². The lowest BCUT2D eigenvalue weighted by molar-refractivity contribution is -0.118. The quantitative estimate of drug-likeness (QED) is 0.759. The van der Waals surface area contributed by atoms with Crippen LogP contribution in [0.4, 0.5) is 5.95 Å². The van der Waals surface area contributed by atoms with E-state index >= 15 is 0 Å². The third-order valence-corrected chi connectivity index (χ3v) is 4.18. The van der Waals surface area contributed by atoms with Crippen LogP contribution in [-0.4, -0.2) is 42.7 Å². The number of carbonyl (C=O) groups excluding carboxylic acids is 1. The molecule has 2 aromatic heterocycles. The lowest BCUT2D eigenvalue weighted by Crippen LogP contribution is -2.28. The summed E-state index contributed by atoms with van der Waals surface area (Å²) in [5.41, 5.74) is -0.526. The lowest BCUT2D eigenvalue weighted by atomic mass is 10.0. The van der Waals surface area contributed by atoms with Crippen molar-refractivity contribution in [1.82, 2.24) is 19.5 Å². The maximum Gasteiger partial charge on any atom is 0.280 e. The normalized spacial score (nSPS) is 24.0. The molecular formula is C15H21N5O4. The van der Waals surface area contributed by atoms with Gasteiger partial charge in [-0.15, -0.1) is 0 Å². The Morgan fingerprint density at radius 2 is 2.38 bits per heavy atom. The minimum atomic E-state index is -0.614. The van der Waals surface area contributed by atoms with Crippen molar-refractivity contribution in [3.8, 4) is 0 Å². The standard InChI is InChI=1S/C15H21N5O4/c1-8(2)12(22)18-14-17-11-10(13(23)19-14)16-7-20(11)9-4-5-15(3,6-21)24-9/h7-9,21H,4-6H2,1-3H3,(H2,17,18,19,22,23)/t9-,15?/m1/s1. The van der Waals surface area contributed by atoms with Crippen molar-refractivity contribution in [2.45, 2.75) is 45.4 Å². The predicted molar refractivity (Wildman–Crippen MR) is 86.5 cm³/mol. The van der Waals surface area contributed by atoms with E-state index in [0.717, 1.165) is 0 Å². The summed E-state index contributed by atoms with van der Waals surface area (Å²) in [6, 6.07) is 0. The number of amides is 1. The second-order valence-corrected chi connectivity index (χ2v) is 6.60. The third-order valence-electron chi connectivity index (χ3n) is 4.18. The lowest BCUT2D eigenvalue weighted by Gasteiger charge is -2.22. The molecular weight excluding hydrogens is 314 g/mol. The second kappa shape index (κ2) is 5.99. The number of H-pyrrole nitrogens is 1. The van der Waals surface area contributed by atoms with E-state index in [1.807, 2.05) is 6.92 Å². The van der Waals surface area contributed by atoms with Crippen LogP contribution in [0.2, 0.25) is 0 Å². The molecule has 3 N–H and O–H groups in total. The van der Waals surface area contributed by atoms with Gasteiger partial charge < -0.3 is 9.84 Å². The zero-order valence-corrected chi connectivity index (χ0v) is 13.9. The van der Waals surface area contributed by atoms with Gasteiger partial charge in [-0.2, -0.15) is 4.98 Å². The molecule has 3 heterocycles. The zero-order valence-electron chi connectivity index (χ0n) is 13.9. The predicted octanol–water partition coefficient (Wildman–Crippen LogP) is 0.774. The molecule has 0 saturated carbocycles. The first kappa shape index (κ1) is 16.6. The fourth-order valence-electron chi connectivity index (χ4n) is 2.64. The summed E-state index contributed by atoms with van der Waals surface area (Å²) in [5, 5.41) is 12.0. The Morgan fingerprint density at radius 3 is 3.00 bits per heavy atom. The van der Waals surface area contributed by atoms with Gasteiger partial charge in [0.2, 0.25) is 11.9 Å². The Morgan fingerprint density at radius 1 is 1.62 bits per heavy atom. The van der Waals surface area contributed by atoms with Crippen LogP contribution in [0.5, 0.6) is 0 Å². The van der Waals surface area contributed by atoms with Crippen molar-refractivity contribution in [3.63, 3.8) is 0 Å². The molecule has 130 valence electrons. The molecule has 2 aromatic rings. The molecule has 0 aliphatic carbocycles. The number of aromatic nitrogens is 4. The van der Waals surface area contributed by atoms with E-state index in [9.17, 15) is 14.7 Å². The minimum absolute atomic E-state index is 0.0795. The molecule has 1 fully saturated rings. The fraction of sp³-hybridized carbons (Fsp3) is 0.600. The first-order chi connectivity index (χ1) is 11.3. The van der Waals surface area contributed by atoms with E-state index in [-0.39, 0.29) is 36.1 Å². The number of carbonyl (C=O) groups is 1. The van der Waals surface area contributed by atoms with Crippen LogP contribution in [0.15, 0.2) is 11.1 Å². The zero-order chi connectivity index (χ0) is 17.5. The largest absolute Gasteiger partial charge is 0.393 e. The smallest absolute Gasteiger partial charge is 0.280 e. The highest BCUT2D eigenvalue weighted by molar-refractivity contribution is 5.91. The average molecular weight is 335 g/mol. The molecule has 9 heteroatoms. The van der Waals surface area contributed by atoms with Gasteiger partial charge in [0.25, 0.3) is 5.56 Å². The van der Waals surface area contributed by atoms with E-state index in [1.54, 1.807) is 18.4 Å². The number of hydrogen-bond donors (Lipinski definition) is 3. The molecule has 1 aliphatic rings. The number of nitrogens with zero attached hydrogens (tertiary/aromatic N) is 3. The molecule has 1 saturated heterocycles. The highest BCUT2D eigenvalue weighted by Gasteiger charge is 2.37. The maximum absolute atomic E-state index is 12.2. The number of imidazole rings is 1. The summed E-state index contributed by atoms with van der Waals surface area (Å²) in [6.45, 7) is 5.25. The summed E-state index contributed by atoms with van der Waals surface area (Å²) in [5.74, 6) is -0.399. The molecule has 3 rings (SSSR count). The summed E-state index contributed by atoms with van der Waals surface area (Å²) in [6.07, 6.45) is 2.49. The van der Waals surface area contributed by atoms with Crippen molar-refractivity contribution in [2.24, 2.45) is 5.92 Å². The molecule has 1 amide bonds. The summed E-state index contributed by atoms with van der Waals surface area (Å²) < 4.78 is 7.55. The monoisotopic (exact) mass is 335 g/mol. The third kappa shape index (κ3) is 2.92. The molecule has 0 aromatic carbocycles. The molecule has 0 spiro atoms. The summed E-state index contributed by atoms with van der Waals surface area (Å²) in [4.78, 5) is 34.9. The van der Waals surface area contributed by atoms with E-state index < -0.39 is 11.2 Å². The first-order valence-corrected chi connectivity index (χ1v) is 7.89. The number of aliphatic hydroxyl groups is 1. The number of ether oxygens (including phenoxy) is 1. The number of aromatic amines is 1. The molecule has 0 radical (unpaired) electrons. The Balaban J connectivity index is 1.97. The van der Waals surface area contributed by atoms with E-state index in [4.69, 9.17) is 4.74 Å². The van der Waals surface area contributed by atoms with Crippen molar-refractivity contribution < 1.29 is 14.6 Å². The van der Waals surface area contributed by atoms with Crippen LogP contribution < -0.4 is 10.9 Å². The Kier molecular flexibility index (Phi) is 4.14. The van der Waals surface area contributed by atoms with Gasteiger partial charge in [-0.3, -0.25) is 24.5 Å². The Labute approximate surface area is 138 Å². The van der Waals surface area contributed by atoms with Crippen molar-refractivity contribution >= 4 is 23.0 Å².